The summed E-state index contributed by atoms with van der Waals surface area (Å²) < 4.78 is 3.02. The van der Waals surface area contributed by atoms with Gasteiger partial charge in [0.05, 0.1) is 21.8 Å². The van der Waals surface area contributed by atoms with E-state index in [0.717, 1.165) is 53.9 Å². The van der Waals surface area contributed by atoms with Crippen molar-refractivity contribution in [3.63, 3.8) is 0 Å². The lowest BCUT2D eigenvalue weighted by molar-refractivity contribution is 0.0611. The Bertz CT molecular complexity index is 1130. The van der Waals surface area contributed by atoms with E-state index in [1.165, 1.54) is 4.70 Å². The van der Waals surface area contributed by atoms with E-state index in [-0.39, 0.29) is 11.9 Å². The van der Waals surface area contributed by atoms with E-state index in [0.29, 0.717) is 5.56 Å². The summed E-state index contributed by atoms with van der Waals surface area (Å²) in [5.41, 5.74) is 3.41. The molecule has 6 nitrogen and oxygen atoms in total. The summed E-state index contributed by atoms with van der Waals surface area (Å²) in [4.78, 5) is 20.2. The van der Waals surface area contributed by atoms with Crippen LogP contribution in [0.2, 0.25) is 0 Å². The Balaban J connectivity index is 1.49. The molecule has 1 aliphatic heterocycles. The number of fused-ring (bicyclic) bond motifs is 2. The summed E-state index contributed by atoms with van der Waals surface area (Å²) in [7, 11) is 0. The van der Waals surface area contributed by atoms with Crippen molar-refractivity contribution in [3.8, 4) is 0 Å². The van der Waals surface area contributed by atoms with Gasteiger partial charge in [-0.2, -0.15) is 0 Å². The molecule has 1 aliphatic rings. The van der Waals surface area contributed by atoms with E-state index in [4.69, 9.17) is 4.98 Å². The van der Waals surface area contributed by atoms with Crippen LogP contribution in [0.4, 0.5) is 0 Å². The standard InChI is InChI=1S/C21H21N5OS/c1-2-26-17-11-10-14(13-16(17)23-24-26)21(27)25-12-6-5-8-18(25)20-22-15-7-3-4-9-19(15)28-20/h3-4,7,9-11,13,18H,2,5-6,8,12H2,1H3/t18-/m1/s1. The molecule has 0 saturated carbocycles. The van der Waals surface area contributed by atoms with Crippen molar-refractivity contribution in [2.75, 3.05) is 6.54 Å². The van der Waals surface area contributed by atoms with Gasteiger partial charge in [0.1, 0.15) is 10.5 Å². The first-order valence-corrected chi connectivity index (χ1v) is 10.6. The highest BCUT2D eigenvalue weighted by atomic mass is 32.1. The Morgan fingerprint density at radius 3 is 2.93 bits per heavy atom. The first-order chi connectivity index (χ1) is 13.7. The highest BCUT2D eigenvalue weighted by molar-refractivity contribution is 7.18. The maximum atomic E-state index is 13.4. The third-order valence-electron chi connectivity index (χ3n) is 5.42. The van der Waals surface area contributed by atoms with E-state index in [2.05, 4.69) is 16.4 Å². The number of rotatable bonds is 3. The van der Waals surface area contributed by atoms with Gasteiger partial charge >= 0.3 is 0 Å². The molecule has 0 spiro atoms. The summed E-state index contributed by atoms with van der Waals surface area (Å²) in [6.07, 6.45) is 3.11. The molecule has 1 saturated heterocycles. The number of nitrogens with zero attached hydrogens (tertiary/aromatic N) is 5. The first-order valence-electron chi connectivity index (χ1n) is 9.74. The quantitative estimate of drug-likeness (QED) is 0.518. The van der Waals surface area contributed by atoms with Crippen LogP contribution >= 0.6 is 11.3 Å². The van der Waals surface area contributed by atoms with Gasteiger partial charge in [-0.25, -0.2) is 9.67 Å². The lowest BCUT2D eigenvalue weighted by Gasteiger charge is -2.34. The molecule has 28 heavy (non-hydrogen) atoms. The van der Waals surface area contributed by atoms with Crippen LogP contribution in [0.15, 0.2) is 42.5 Å². The van der Waals surface area contributed by atoms with Crippen LogP contribution in [0, 0.1) is 0 Å². The molecule has 2 aromatic carbocycles. The van der Waals surface area contributed by atoms with Crippen LogP contribution in [0.5, 0.6) is 0 Å². The Kier molecular flexibility index (Phi) is 4.31. The van der Waals surface area contributed by atoms with Crippen LogP contribution in [0.3, 0.4) is 0 Å². The van der Waals surface area contributed by atoms with Gasteiger partial charge < -0.3 is 4.90 Å². The predicted molar refractivity (Wildman–Crippen MR) is 110 cm³/mol. The van der Waals surface area contributed by atoms with Crippen molar-refractivity contribution in [1.82, 2.24) is 24.9 Å². The lowest BCUT2D eigenvalue weighted by Crippen LogP contribution is -2.38. The number of para-hydroxylation sites is 1. The SMILES string of the molecule is CCn1nnc2cc(C(=O)N3CCCC[C@@H]3c3nc4ccccc4s3)ccc21. The largest absolute Gasteiger partial charge is 0.329 e. The topological polar surface area (TPSA) is 63.9 Å². The molecule has 1 amide bonds. The Hall–Kier alpha value is -2.80. The molecular weight excluding hydrogens is 370 g/mol. The zero-order chi connectivity index (χ0) is 19.1. The van der Waals surface area contributed by atoms with Gasteiger partial charge in [0.15, 0.2) is 0 Å². The van der Waals surface area contributed by atoms with Gasteiger partial charge in [0, 0.05) is 18.7 Å². The summed E-state index contributed by atoms with van der Waals surface area (Å²) >= 11 is 1.70. The molecule has 5 rings (SSSR count). The Labute approximate surface area is 166 Å². The van der Waals surface area contributed by atoms with E-state index >= 15 is 0 Å². The molecule has 3 heterocycles. The fourth-order valence-electron chi connectivity index (χ4n) is 3.97. The number of carbonyl (C=O) groups is 1. The second-order valence-corrected chi connectivity index (χ2v) is 8.20. The van der Waals surface area contributed by atoms with Crippen molar-refractivity contribution in [3.05, 3.63) is 53.0 Å². The van der Waals surface area contributed by atoms with Crippen molar-refractivity contribution < 1.29 is 4.79 Å². The Morgan fingerprint density at radius 2 is 2.07 bits per heavy atom. The fraction of sp³-hybridized carbons (Fsp3) is 0.333. The number of hydrogen-bond donors (Lipinski definition) is 0. The number of carbonyl (C=O) groups excluding carboxylic acids is 1. The molecule has 1 fully saturated rings. The van der Waals surface area contributed by atoms with E-state index in [1.54, 1.807) is 11.3 Å². The van der Waals surface area contributed by atoms with Crippen molar-refractivity contribution in [2.24, 2.45) is 0 Å². The number of hydrogen-bond acceptors (Lipinski definition) is 5. The third kappa shape index (κ3) is 2.86. The zero-order valence-electron chi connectivity index (χ0n) is 15.7. The maximum absolute atomic E-state index is 13.4. The van der Waals surface area contributed by atoms with Gasteiger partial charge in [-0.15, -0.1) is 16.4 Å². The maximum Gasteiger partial charge on any atom is 0.254 e. The van der Waals surface area contributed by atoms with Crippen LogP contribution in [0.25, 0.3) is 21.3 Å². The van der Waals surface area contributed by atoms with Gasteiger partial charge in [-0.05, 0) is 56.5 Å². The molecule has 0 N–H and O–H groups in total. The molecule has 4 aromatic rings. The summed E-state index contributed by atoms with van der Waals surface area (Å²) in [6, 6.07) is 13.9. The Morgan fingerprint density at radius 1 is 1.18 bits per heavy atom. The molecular formula is C21H21N5OS. The minimum Gasteiger partial charge on any atom is -0.329 e. The summed E-state index contributed by atoms with van der Waals surface area (Å²) in [5.74, 6) is 0.0527. The molecule has 0 bridgehead atoms. The van der Waals surface area contributed by atoms with Crippen molar-refractivity contribution in [1.29, 1.82) is 0 Å². The minimum absolute atomic E-state index is 0.0423. The van der Waals surface area contributed by atoms with Gasteiger partial charge in [-0.3, -0.25) is 4.79 Å². The second kappa shape index (κ2) is 6.98. The number of aryl methyl sites for hydroxylation is 1. The third-order valence-corrected chi connectivity index (χ3v) is 6.56. The molecule has 0 aliphatic carbocycles. The number of aromatic nitrogens is 4. The zero-order valence-corrected chi connectivity index (χ0v) is 16.5. The van der Waals surface area contributed by atoms with E-state index < -0.39 is 0 Å². The highest BCUT2D eigenvalue weighted by Crippen LogP contribution is 2.36. The molecule has 2 aromatic heterocycles. The highest BCUT2D eigenvalue weighted by Gasteiger charge is 2.31. The predicted octanol–water partition coefficient (Wildman–Crippen LogP) is 4.43. The van der Waals surface area contributed by atoms with Gasteiger partial charge in [0.25, 0.3) is 5.91 Å². The number of piperidine rings is 1. The smallest absolute Gasteiger partial charge is 0.254 e. The summed E-state index contributed by atoms with van der Waals surface area (Å²) in [5, 5.41) is 9.40. The fourth-order valence-corrected chi connectivity index (χ4v) is 5.08. The minimum atomic E-state index is 0.0423. The lowest BCUT2D eigenvalue weighted by atomic mass is 10.0. The van der Waals surface area contributed by atoms with Gasteiger partial charge in [-0.1, -0.05) is 17.3 Å². The van der Waals surface area contributed by atoms with Crippen LogP contribution in [0.1, 0.15) is 47.6 Å². The van der Waals surface area contributed by atoms with Crippen molar-refractivity contribution >= 4 is 38.5 Å². The first kappa shape index (κ1) is 17.3. The van der Waals surface area contributed by atoms with E-state index in [1.807, 2.05) is 52.9 Å². The number of benzene rings is 2. The number of likely N-dealkylation sites (tertiary alicyclic amines) is 1. The van der Waals surface area contributed by atoms with Crippen LogP contribution < -0.4 is 0 Å². The van der Waals surface area contributed by atoms with Gasteiger partial charge in [0.2, 0.25) is 0 Å². The summed E-state index contributed by atoms with van der Waals surface area (Å²) in [6.45, 7) is 3.55. The second-order valence-electron chi connectivity index (χ2n) is 7.14. The average molecular weight is 392 g/mol. The monoisotopic (exact) mass is 391 g/mol. The molecule has 0 radical (unpaired) electrons. The molecule has 7 heteroatoms. The molecule has 0 unspecified atom stereocenters. The van der Waals surface area contributed by atoms with Crippen LogP contribution in [-0.2, 0) is 6.54 Å². The van der Waals surface area contributed by atoms with Crippen molar-refractivity contribution in [2.45, 2.75) is 38.8 Å². The van der Waals surface area contributed by atoms with Crippen LogP contribution in [-0.4, -0.2) is 37.3 Å². The molecule has 142 valence electrons. The van der Waals surface area contributed by atoms with E-state index in [9.17, 15) is 4.79 Å². The normalized spacial score (nSPS) is 17.5. The number of thiazole rings is 1. The number of amides is 1. The average Bonchev–Trinajstić information content (AvgIpc) is 3.36. The molecule has 1 atom stereocenters.